The Morgan fingerprint density at radius 1 is 1.44 bits per heavy atom. The number of halogens is 1. The van der Waals surface area contributed by atoms with Crippen molar-refractivity contribution in [2.75, 3.05) is 13.1 Å². The highest BCUT2D eigenvalue weighted by Gasteiger charge is 2.23. The van der Waals surface area contributed by atoms with Crippen molar-refractivity contribution in [1.82, 2.24) is 10.0 Å². The fourth-order valence-electron chi connectivity index (χ4n) is 2.10. The quantitative estimate of drug-likeness (QED) is 0.890. The fraction of sp³-hybridized carbons (Fsp3) is 0.500. The maximum atomic E-state index is 12.3. The summed E-state index contributed by atoms with van der Waals surface area (Å²) in [5.41, 5.74) is 0.704. The molecule has 6 heteroatoms. The molecule has 1 aliphatic heterocycles. The Hall–Kier alpha value is -0.620. The molecule has 0 radical (unpaired) electrons. The average molecular weight is 289 g/mol. The molecule has 2 N–H and O–H groups in total. The summed E-state index contributed by atoms with van der Waals surface area (Å²) < 4.78 is 27.3. The van der Waals surface area contributed by atoms with E-state index in [9.17, 15) is 8.42 Å². The maximum Gasteiger partial charge on any atom is 0.241 e. The molecule has 0 saturated carbocycles. The van der Waals surface area contributed by atoms with Crippen LogP contribution in [-0.2, 0) is 10.0 Å². The normalized spacial score (nSPS) is 20.9. The number of piperidine rings is 1. The molecule has 0 aliphatic carbocycles. The highest BCUT2D eigenvalue weighted by molar-refractivity contribution is 7.89. The van der Waals surface area contributed by atoms with Crippen LogP contribution in [0.25, 0.3) is 0 Å². The molecule has 100 valence electrons. The minimum atomic E-state index is -3.49. The van der Waals surface area contributed by atoms with E-state index in [4.69, 9.17) is 11.6 Å². The molecular formula is C12H17ClN2O2S. The molecule has 18 heavy (non-hydrogen) atoms. The summed E-state index contributed by atoms with van der Waals surface area (Å²) in [4.78, 5) is 0.264. The van der Waals surface area contributed by atoms with Crippen LogP contribution in [-0.4, -0.2) is 27.5 Å². The summed E-state index contributed by atoms with van der Waals surface area (Å²) in [6.45, 7) is 3.40. The molecule has 1 aromatic carbocycles. The molecule has 1 heterocycles. The van der Waals surface area contributed by atoms with Crippen molar-refractivity contribution in [3.63, 3.8) is 0 Å². The highest BCUT2D eigenvalue weighted by atomic mass is 35.5. The van der Waals surface area contributed by atoms with E-state index in [1.807, 2.05) is 0 Å². The number of sulfonamides is 1. The number of nitrogens with one attached hydrogen (secondary N) is 2. The van der Waals surface area contributed by atoms with Crippen LogP contribution in [0, 0.1) is 6.92 Å². The lowest BCUT2D eigenvalue weighted by Crippen LogP contribution is -2.45. The van der Waals surface area contributed by atoms with Gasteiger partial charge >= 0.3 is 0 Å². The SMILES string of the molecule is Cc1ccc(Cl)cc1S(=O)(=O)N[C@@H]1CCCNC1. The molecule has 0 aromatic heterocycles. The molecule has 1 aromatic rings. The van der Waals surface area contributed by atoms with Gasteiger partial charge in [-0.2, -0.15) is 0 Å². The molecule has 1 aliphatic rings. The Bertz CT molecular complexity index is 525. The van der Waals surface area contributed by atoms with Crippen LogP contribution >= 0.6 is 11.6 Å². The van der Waals surface area contributed by atoms with Gasteiger partial charge in [-0.05, 0) is 44.0 Å². The predicted molar refractivity (Wildman–Crippen MR) is 72.4 cm³/mol. The molecule has 0 unspecified atom stereocenters. The molecule has 0 amide bonds. The summed E-state index contributed by atoms with van der Waals surface area (Å²) >= 11 is 5.86. The summed E-state index contributed by atoms with van der Waals surface area (Å²) in [5.74, 6) is 0. The molecule has 0 spiro atoms. The number of aryl methyl sites for hydroxylation is 1. The zero-order valence-corrected chi connectivity index (χ0v) is 11.8. The third-order valence-corrected chi connectivity index (χ3v) is 4.96. The zero-order valence-electron chi connectivity index (χ0n) is 10.2. The minimum Gasteiger partial charge on any atom is -0.315 e. The Kier molecular flexibility index (Phi) is 4.27. The lowest BCUT2D eigenvalue weighted by Gasteiger charge is -2.24. The van der Waals surface area contributed by atoms with E-state index in [1.165, 1.54) is 6.07 Å². The largest absolute Gasteiger partial charge is 0.315 e. The van der Waals surface area contributed by atoms with E-state index in [0.717, 1.165) is 19.4 Å². The van der Waals surface area contributed by atoms with E-state index >= 15 is 0 Å². The summed E-state index contributed by atoms with van der Waals surface area (Å²) in [6.07, 6.45) is 1.85. The second kappa shape index (κ2) is 5.57. The molecule has 2 rings (SSSR count). The Labute approximate surface area is 113 Å². The van der Waals surface area contributed by atoms with Crippen molar-refractivity contribution in [3.8, 4) is 0 Å². The van der Waals surface area contributed by atoms with Gasteiger partial charge in [-0.3, -0.25) is 0 Å². The smallest absolute Gasteiger partial charge is 0.241 e. The van der Waals surface area contributed by atoms with Crippen molar-refractivity contribution in [3.05, 3.63) is 28.8 Å². The van der Waals surface area contributed by atoms with Gasteiger partial charge in [0, 0.05) is 17.6 Å². The zero-order chi connectivity index (χ0) is 13.2. The van der Waals surface area contributed by atoms with Gasteiger partial charge in [0.1, 0.15) is 0 Å². The maximum absolute atomic E-state index is 12.3. The van der Waals surface area contributed by atoms with Gasteiger partial charge in [-0.15, -0.1) is 0 Å². The van der Waals surface area contributed by atoms with Gasteiger partial charge in [0.15, 0.2) is 0 Å². The first-order chi connectivity index (χ1) is 8.49. The average Bonchev–Trinajstić information content (AvgIpc) is 2.33. The standard InChI is InChI=1S/C12H17ClN2O2S/c1-9-4-5-10(13)7-12(9)18(16,17)15-11-3-2-6-14-8-11/h4-5,7,11,14-15H,2-3,6,8H2,1H3/t11-/m1/s1. The first-order valence-electron chi connectivity index (χ1n) is 5.98. The van der Waals surface area contributed by atoms with E-state index in [-0.39, 0.29) is 10.9 Å². The summed E-state index contributed by atoms with van der Waals surface area (Å²) in [7, 11) is -3.49. The third kappa shape index (κ3) is 3.23. The van der Waals surface area contributed by atoms with Gasteiger partial charge in [-0.1, -0.05) is 17.7 Å². The van der Waals surface area contributed by atoms with Crippen LogP contribution < -0.4 is 10.0 Å². The van der Waals surface area contributed by atoms with Crippen LogP contribution in [0.1, 0.15) is 18.4 Å². The summed E-state index contributed by atoms with van der Waals surface area (Å²) in [5, 5.41) is 3.61. The van der Waals surface area contributed by atoms with Gasteiger partial charge in [0.2, 0.25) is 10.0 Å². The predicted octanol–water partition coefficient (Wildman–Crippen LogP) is 1.68. The van der Waals surface area contributed by atoms with E-state index in [0.29, 0.717) is 17.1 Å². The van der Waals surface area contributed by atoms with Crippen LogP contribution in [0.2, 0.25) is 5.02 Å². The number of benzene rings is 1. The Morgan fingerprint density at radius 2 is 2.22 bits per heavy atom. The van der Waals surface area contributed by atoms with Crippen LogP contribution in [0.5, 0.6) is 0 Å². The minimum absolute atomic E-state index is 0.0397. The molecule has 1 atom stereocenters. The van der Waals surface area contributed by atoms with Crippen LogP contribution in [0.15, 0.2) is 23.1 Å². The van der Waals surface area contributed by atoms with E-state index in [1.54, 1.807) is 19.1 Å². The lowest BCUT2D eigenvalue weighted by molar-refractivity contribution is 0.428. The lowest BCUT2D eigenvalue weighted by atomic mass is 10.1. The van der Waals surface area contributed by atoms with Crippen molar-refractivity contribution in [1.29, 1.82) is 0 Å². The number of rotatable bonds is 3. The van der Waals surface area contributed by atoms with Gasteiger partial charge in [-0.25, -0.2) is 13.1 Å². The number of hydrogen-bond acceptors (Lipinski definition) is 3. The topological polar surface area (TPSA) is 58.2 Å². The third-order valence-electron chi connectivity index (χ3n) is 3.06. The van der Waals surface area contributed by atoms with E-state index < -0.39 is 10.0 Å². The monoisotopic (exact) mass is 288 g/mol. The molecule has 1 saturated heterocycles. The van der Waals surface area contributed by atoms with Crippen molar-refractivity contribution in [2.24, 2.45) is 0 Å². The van der Waals surface area contributed by atoms with Crippen molar-refractivity contribution >= 4 is 21.6 Å². The summed E-state index contributed by atoms with van der Waals surface area (Å²) in [6, 6.07) is 4.87. The van der Waals surface area contributed by atoms with Crippen molar-refractivity contribution in [2.45, 2.75) is 30.7 Å². The second-order valence-corrected chi connectivity index (χ2v) is 6.69. The van der Waals surface area contributed by atoms with Gasteiger partial charge in [0.25, 0.3) is 0 Å². The second-order valence-electron chi connectivity index (χ2n) is 4.57. The Morgan fingerprint density at radius 3 is 2.89 bits per heavy atom. The Balaban J connectivity index is 2.21. The highest BCUT2D eigenvalue weighted by Crippen LogP contribution is 2.20. The van der Waals surface area contributed by atoms with Crippen LogP contribution in [0.4, 0.5) is 0 Å². The first kappa shape index (κ1) is 13.8. The first-order valence-corrected chi connectivity index (χ1v) is 7.84. The molecular weight excluding hydrogens is 272 g/mol. The fourth-order valence-corrected chi connectivity index (χ4v) is 3.88. The number of hydrogen-bond donors (Lipinski definition) is 2. The van der Waals surface area contributed by atoms with Gasteiger partial charge in [0.05, 0.1) is 4.90 Å². The van der Waals surface area contributed by atoms with Gasteiger partial charge < -0.3 is 5.32 Å². The molecule has 1 fully saturated rings. The van der Waals surface area contributed by atoms with Crippen LogP contribution in [0.3, 0.4) is 0 Å². The molecule has 0 bridgehead atoms. The van der Waals surface area contributed by atoms with E-state index in [2.05, 4.69) is 10.0 Å². The van der Waals surface area contributed by atoms with Crippen molar-refractivity contribution < 1.29 is 8.42 Å². The molecule has 4 nitrogen and oxygen atoms in total.